The molecule has 1 aromatic rings. The minimum absolute atomic E-state index is 0.143. The molecule has 1 N–H and O–H groups in total. The van der Waals surface area contributed by atoms with Gasteiger partial charge in [-0.15, -0.1) is 0 Å². The van der Waals surface area contributed by atoms with Gasteiger partial charge in [0.05, 0.1) is 14.2 Å². The molecule has 2 aliphatic heterocycles. The van der Waals surface area contributed by atoms with E-state index < -0.39 is 0 Å². The highest BCUT2D eigenvalue weighted by Crippen LogP contribution is 2.24. The summed E-state index contributed by atoms with van der Waals surface area (Å²) in [4.78, 5) is 27.1. The molecule has 1 saturated heterocycles. The Labute approximate surface area is 170 Å². The van der Waals surface area contributed by atoms with E-state index >= 15 is 0 Å². The van der Waals surface area contributed by atoms with Crippen LogP contribution in [0.5, 0.6) is 11.5 Å². The van der Waals surface area contributed by atoms with E-state index in [1.165, 1.54) is 0 Å². The summed E-state index contributed by atoms with van der Waals surface area (Å²) >= 11 is 0. The number of benzene rings is 1. The summed E-state index contributed by atoms with van der Waals surface area (Å²) in [6.07, 6.45) is 1.83. The first kappa shape index (κ1) is 20.8. The standard InChI is InChI=1S/C21H28N2O6/c1-14-19(29-8-7-28-14)21(25)23-6-4-5-15(13-23)12-22-20(24)16-9-17(26-2)11-18(10-16)27-3/h9-11,15H,4-8,12-13H2,1-3H3,(H,22,24). The lowest BCUT2D eigenvalue weighted by molar-refractivity contribution is -0.134. The Hall–Kier alpha value is -2.90. The molecule has 0 spiro atoms. The van der Waals surface area contributed by atoms with Gasteiger partial charge in [0.25, 0.3) is 11.8 Å². The molecule has 2 aliphatic rings. The molecule has 0 saturated carbocycles. The molecule has 29 heavy (non-hydrogen) atoms. The number of hydrogen-bond donors (Lipinski definition) is 1. The summed E-state index contributed by atoms with van der Waals surface area (Å²) in [6.45, 7) is 4.33. The summed E-state index contributed by atoms with van der Waals surface area (Å²) in [5.74, 6) is 1.77. The molecule has 3 rings (SSSR count). The number of amides is 2. The van der Waals surface area contributed by atoms with E-state index in [2.05, 4.69) is 5.32 Å². The number of carbonyl (C=O) groups is 2. The van der Waals surface area contributed by atoms with Gasteiger partial charge in [0.2, 0.25) is 5.76 Å². The van der Waals surface area contributed by atoms with E-state index in [1.807, 2.05) is 0 Å². The van der Waals surface area contributed by atoms with Crippen molar-refractivity contribution in [1.82, 2.24) is 10.2 Å². The lowest BCUT2D eigenvalue weighted by Gasteiger charge is -2.34. The van der Waals surface area contributed by atoms with Crippen LogP contribution in [0.4, 0.5) is 0 Å². The Balaban J connectivity index is 1.58. The SMILES string of the molecule is COc1cc(OC)cc(C(=O)NCC2CCCN(C(=O)C3=C(C)OCCO3)C2)c1. The van der Waals surface area contributed by atoms with Gasteiger partial charge in [-0.1, -0.05) is 0 Å². The maximum atomic E-state index is 12.8. The van der Waals surface area contributed by atoms with E-state index in [0.717, 1.165) is 12.8 Å². The maximum Gasteiger partial charge on any atom is 0.292 e. The molecule has 2 heterocycles. The summed E-state index contributed by atoms with van der Waals surface area (Å²) in [5, 5.41) is 2.96. The first-order chi connectivity index (χ1) is 14.0. The van der Waals surface area contributed by atoms with Crippen LogP contribution in [0.15, 0.2) is 29.7 Å². The Morgan fingerprint density at radius 2 is 1.83 bits per heavy atom. The van der Waals surface area contributed by atoms with Crippen molar-refractivity contribution in [3.8, 4) is 11.5 Å². The summed E-state index contributed by atoms with van der Waals surface area (Å²) in [5.41, 5.74) is 0.471. The monoisotopic (exact) mass is 404 g/mol. The van der Waals surface area contributed by atoms with Crippen molar-refractivity contribution in [3.63, 3.8) is 0 Å². The van der Waals surface area contributed by atoms with Gasteiger partial charge in [-0.05, 0) is 37.8 Å². The fraction of sp³-hybridized carbons (Fsp3) is 0.524. The van der Waals surface area contributed by atoms with Crippen LogP contribution in [-0.2, 0) is 14.3 Å². The molecule has 8 nitrogen and oxygen atoms in total. The van der Waals surface area contributed by atoms with Crippen molar-refractivity contribution in [2.75, 3.05) is 47.1 Å². The number of ether oxygens (including phenoxy) is 4. The van der Waals surface area contributed by atoms with E-state index in [9.17, 15) is 9.59 Å². The normalized spacial score (nSPS) is 19.1. The quantitative estimate of drug-likeness (QED) is 0.780. The van der Waals surface area contributed by atoms with Gasteiger partial charge in [0.15, 0.2) is 0 Å². The predicted molar refractivity (Wildman–Crippen MR) is 106 cm³/mol. The van der Waals surface area contributed by atoms with Crippen molar-refractivity contribution in [1.29, 1.82) is 0 Å². The molecule has 8 heteroatoms. The second-order valence-electron chi connectivity index (χ2n) is 7.15. The van der Waals surface area contributed by atoms with Crippen LogP contribution in [0.25, 0.3) is 0 Å². The van der Waals surface area contributed by atoms with Gasteiger partial charge < -0.3 is 29.2 Å². The minimum atomic E-state index is -0.201. The van der Waals surface area contributed by atoms with Gasteiger partial charge in [-0.25, -0.2) is 0 Å². The summed E-state index contributed by atoms with van der Waals surface area (Å²) in [6, 6.07) is 5.06. The zero-order valence-electron chi connectivity index (χ0n) is 17.2. The molecule has 0 radical (unpaired) electrons. The molecule has 0 bridgehead atoms. The van der Waals surface area contributed by atoms with Crippen LogP contribution in [0, 0.1) is 5.92 Å². The van der Waals surface area contributed by atoms with E-state index in [4.69, 9.17) is 18.9 Å². The first-order valence-electron chi connectivity index (χ1n) is 9.79. The number of allylic oxidation sites excluding steroid dienone is 1. The number of hydrogen-bond acceptors (Lipinski definition) is 6. The minimum Gasteiger partial charge on any atom is -0.497 e. The van der Waals surface area contributed by atoms with Crippen LogP contribution < -0.4 is 14.8 Å². The summed E-state index contributed by atoms with van der Waals surface area (Å²) in [7, 11) is 3.09. The molecule has 1 unspecified atom stereocenters. The lowest BCUT2D eigenvalue weighted by atomic mass is 9.97. The number of nitrogens with one attached hydrogen (secondary N) is 1. The Kier molecular flexibility index (Phi) is 6.85. The zero-order valence-corrected chi connectivity index (χ0v) is 17.2. The Morgan fingerprint density at radius 1 is 1.14 bits per heavy atom. The second kappa shape index (κ2) is 9.54. The van der Waals surface area contributed by atoms with Crippen LogP contribution in [0.3, 0.4) is 0 Å². The van der Waals surface area contributed by atoms with Crippen molar-refractivity contribution in [2.45, 2.75) is 19.8 Å². The van der Waals surface area contributed by atoms with Crippen LogP contribution >= 0.6 is 0 Å². The maximum absolute atomic E-state index is 12.8. The molecule has 1 fully saturated rings. The van der Waals surface area contributed by atoms with E-state index in [0.29, 0.717) is 61.4 Å². The lowest BCUT2D eigenvalue weighted by Crippen LogP contribution is -2.45. The third-order valence-electron chi connectivity index (χ3n) is 5.13. The Bertz CT molecular complexity index is 769. The van der Waals surface area contributed by atoms with Gasteiger partial charge in [-0.3, -0.25) is 9.59 Å². The van der Waals surface area contributed by atoms with Gasteiger partial charge in [0.1, 0.15) is 30.5 Å². The average molecular weight is 404 g/mol. The molecule has 0 aliphatic carbocycles. The van der Waals surface area contributed by atoms with E-state index in [-0.39, 0.29) is 17.7 Å². The van der Waals surface area contributed by atoms with Crippen LogP contribution in [0.1, 0.15) is 30.1 Å². The van der Waals surface area contributed by atoms with Gasteiger partial charge in [0, 0.05) is 31.3 Å². The smallest absolute Gasteiger partial charge is 0.292 e. The number of piperidine rings is 1. The molecule has 1 aromatic carbocycles. The largest absolute Gasteiger partial charge is 0.497 e. The molecule has 1 atom stereocenters. The zero-order chi connectivity index (χ0) is 20.8. The van der Waals surface area contributed by atoms with Gasteiger partial charge >= 0.3 is 0 Å². The van der Waals surface area contributed by atoms with Crippen LogP contribution in [0.2, 0.25) is 0 Å². The highest BCUT2D eigenvalue weighted by molar-refractivity contribution is 5.95. The number of nitrogens with zero attached hydrogens (tertiary/aromatic N) is 1. The Morgan fingerprint density at radius 3 is 2.48 bits per heavy atom. The molecule has 0 aromatic heterocycles. The second-order valence-corrected chi connectivity index (χ2v) is 7.15. The van der Waals surface area contributed by atoms with Crippen molar-refractivity contribution in [2.24, 2.45) is 5.92 Å². The number of carbonyl (C=O) groups excluding carboxylic acids is 2. The third-order valence-corrected chi connectivity index (χ3v) is 5.13. The number of methoxy groups -OCH3 is 2. The van der Waals surface area contributed by atoms with Gasteiger partial charge in [-0.2, -0.15) is 0 Å². The highest BCUT2D eigenvalue weighted by Gasteiger charge is 2.29. The third kappa shape index (κ3) is 5.13. The van der Waals surface area contributed by atoms with Crippen LogP contribution in [-0.4, -0.2) is 63.8 Å². The topological polar surface area (TPSA) is 86.3 Å². The molecular weight excluding hydrogens is 376 g/mol. The van der Waals surface area contributed by atoms with E-state index in [1.54, 1.807) is 44.2 Å². The summed E-state index contributed by atoms with van der Waals surface area (Å²) < 4.78 is 21.4. The molecular formula is C21H28N2O6. The molecule has 2 amide bonds. The van der Waals surface area contributed by atoms with Crippen molar-refractivity contribution in [3.05, 3.63) is 35.3 Å². The molecule has 158 valence electrons. The van der Waals surface area contributed by atoms with Crippen molar-refractivity contribution < 1.29 is 28.5 Å². The number of rotatable bonds is 6. The van der Waals surface area contributed by atoms with Crippen molar-refractivity contribution >= 4 is 11.8 Å². The number of likely N-dealkylation sites (tertiary alicyclic amines) is 1. The fourth-order valence-corrected chi connectivity index (χ4v) is 3.56. The average Bonchev–Trinajstić information content (AvgIpc) is 2.77. The fourth-order valence-electron chi connectivity index (χ4n) is 3.56. The predicted octanol–water partition coefficient (Wildman–Crippen LogP) is 1.95. The highest BCUT2D eigenvalue weighted by atomic mass is 16.6. The first-order valence-corrected chi connectivity index (χ1v) is 9.79.